The molecule has 0 atom stereocenters. The average molecular weight is 395 g/mol. The molecule has 4 nitrogen and oxygen atoms in total. The second kappa shape index (κ2) is 9.53. The van der Waals surface area contributed by atoms with Crippen LogP contribution in [0.5, 0.6) is 0 Å². The van der Waals surface area contributed by atoms with Crippen LogP contribution in [0.3, 0.4) is 0 Å². The van der Waals surface area contributed by atoms with Gasteiger partial charge in [0, 0.05) is 17.4 Å². The predicted octanol–water partition coefficient (Wildman–Crippen LogP) is 2.55. The van der Waals surface area contributed by atoms with Gasteiger partial charge in [-0.25, -0.2) is 8.42 Å². The number of halogens is 3. The Kier molecular flexibility index (Phi) is 8.75. The first-order valence-electron chi connectivity index (χ1n) is 7.38. The van der Waals surface area contributed by atoms with Gasteiger partial charge in [0.1, 0.15) is 11.5 Å². The lowest BCUT2D eigenvalue weighted by Gasteiger charge is -2.21. The molecule has 0 spiro atoms. The largest absolute Gasteiger partial charge is 0.741 e. The number of carbonyl (C=O) groups excluding carboxylic acids is 1. The van der Waals surface area contributed by atoms with Crippen molar-refractivity contribution < 1.29 is 30.9 Å². The molecule has 0 aromatic rings. The van der Waals surface area contributed by atoms with E-state index in [0.717, 1.165) is 5.75 Å². The van der Waals surface area contributed by atoms with Gasteiger partial charge < -0.3 is 4.55 Å². The maximum absolute atomic E-state index is 12.1. The first kappa shape index (κ1) is 21.1. The average Bonchev–Trinajstić information content (AvgIpc) is 2.48. The molecule has 0 aromatic carbocycles. The van der Waals surface area contributed by atoms with E-state index in [2.05, 4.69) is 11.8 Å². The lowest BCUT2D eigenvalue weighted by Crippen LogP contribution is -2.31. The second-order valence-corrected chi connectivity index (χ2v) is 10.4. The molecule has 2 rings (SSSR count). The fraction of sp³-hybridized carbons (Fsp3) is 0.923. The zero-order valence-corrected chi connectivity index (χ0v) is 15.1. The van der Waals surface area contributed by atoms with E-state index in [-0.39, 0.29) is 0 Å². The van der Waals surface area contributed by atoms with Crippen molar-refractivity contribution in [3.63, 3.8) is 0 Å². The van der Waals surface area contributed by atoms with Gasteiger partial charge in [0.05, 0.1) is 0 Å². The minimum atomic E-state index is -6.09. The molecule has 1 heterocycles. The van der Waals surface area contributed by atoms with Crippen LogP contribution in [-0.2, 0) is 25.8 Å². The highest BCUT2D eigenvalue weighted by Gasteiger charge is 2.37. The van der Waals surface area contributed by atoms with Gasteiger partial charge in [-0.15, -0.1) is 0 Å². The summed E-state index contributed by atoms with van der Waals surface area (Å²) in [5, 5.41) is 0. The summed E-state index contributed by atoms with van der Waals surface area (Å²) in [7, 11) is -5.64. The van der Waals surface area contributed by atoms with E-state index in [0.29, 0.717) is 22.6 Å². The lowest BCUT2D eigenvalue weighted by molar-refractivity contribution is -0.121. The van der Waals surface area contributed by atoms with Crippen LogP contribution in [0.15, 0.2) is 0 Å². The highest BCUT2D eigenvalue weighted by Crippen LogP contribution is 2.25. The monoisotopic (exact) mass is 394 g/mol. The van der Waals surface area contributed by atoms with Crippen LogP contribution in [0.2, 0.25) is 0 Å². The molecule has 1 saturated carbocycles. The van der Waals surface area contributed by atoms with Crippen LogP contribution in [0.1, 0.15) is 32.1 Å². The smallest absolute Gasteiger partial charge is 0.485 e. The Morgan fingerprint density at radius 1 is 1.13 bits per heavy atom. The van der Waals surface area contributed by atoms with Crippen molar-refractivity contribution >= 4 is 38.6 Å². The number of hydrogen-bond acceptors (Lipinski definition) is 5. The minimum Gasteiger partial charge on any atom is -0.741 e. The Morgan fingerprint density at radius 3 is 2.04 bits per heavy atom. The van der Waals surface area contributed by atoms with E-state index in [1.54, 1.807) is 0 Å². The van der Waals surface area contributed by atoms with E-state index < -0.39 is 15.6 Å². The summed E-state index contributed by atoms with van der Waals surface area (Å²) in [6, 6.07) is 0. The number of Topliss-reactive ketones (excluding diaryl/α,β-unsaturated/α-hetero) is 1. The molecule has 0 bridgehead atoms. The zero-order chi connectivity index (χ0) is 17.5. The van der Waals surface area contributed by atoms with E-state index in [9.17, 15) is 18.0 Å². The maximum atomic E-state index is 12.1. The Labute approximate surface area is 142 Å². The van der Waals surface area contributed by atoms with Crippen molar-refractivity contribution in [3.05, 3.63) is 0 Å². The molecule has 23 heavy (non-hydrogen) atoms. The molecule has 0 amide bonds. The summed E-state index contributed by atoms with van der Waals surface area (Å²) >= 11 is 2.06. The standard InChI is InChI=1S/C12H21OS2.CHF3O3S/c13-12(11-4-2-1-3-5-11)10-15-8-6-14-7-9-15;2-1(3,4)8(5,6)7/h11H,1-10H2;(H,5,6,7)/q+1;/p-1. The summed E-state index contributed by atoms with van der Waals surface area (Å²) in [5.41, 5.74) is -5.65. The van der Waals surface area contributed by atoms with Gasteiger partial charge in [0.15, 0.2) is 21.7 Å². The van der Waals surface area contributed by atoms with Crippen LogP contribution in [0.4, 0.5) is 13.2 Å². The SMILES string of the molecule is O=C(C[S+]1CCSCC1)C1CCCCC1.O=S(=O)([O-])C(F)(F)F. The Hall–Kier alpha value is 0.0700. The highest BCUT2D eigenvalue weighted by atomic mass is 32.2. The topological polar surface area (TPSA) is 74.3 Å². The Morgan fingerprint density at radius 2 is 1.61 bits per heavy atom. The molecule has 136 valence electrons. The van der Waals surface area contributed by atoms with Gasteiger partial charge >= 0.3 is 5.51 Å². The molecule has 1 aliphatic heterocycles. The molecule has 0 aromatic heterocycles. The third kappa shape index (κ3) is 8.13. The predicted molar refractivity (Wildman–Crippen MR) is 86.6 cm³/mol. The van der Waals surface area contributed by atoms with Gasteiger partial charge in [0.25, 0.3) is 0 Å². The summed E-state index contributed by atoms with van der Waals surface area (Å²) in [6.45, 7) is 0. The molecule has 0 unspecified atom stereocenters. The van der Waals surface area contributed by atoms with Gasteiger partial charge in [-0.05, 0) is 23.7 Å². The first-order valence-corrected chi connectivity index (χ1v) is 11.7. The van der Waals surface area contributed by atoms with Gasteiger partial charge in [0.2, 0.25) is 0 Å². The lowest BCUT2D eigenvalue weighted by atomic mass is 9.87. The molecule has 0 N–H and O–H groups in total. The maximum Gasteiger partial charge on any atom is 0.485 e. The van der Waals surface area contributed by atoms with Crippen LogP contribution in [0, 0.1) is 5.92 Å². The number of ketones is 1. The van der Waals surface area contributed by atoms with E-state index in [1.807, 2.05) is 0 Å². The first-order chi connectivity index (χ1) is 10.6. The fourth-order valence-corrected chi connectivity index (χ4v) is 6.61. The van der Waals surface area contributed by atoms with Crippen molar-refractivity contribution in [3.8, 4) is 0 Å². The van der Waals surface area contributed by atoms with Gasteiger partial charge in [-0.2, -0.15) is 24.9 Å². The molecule has 0 radical (unpaired) electrons. The van der Waals surface area contributed by atoms with Crippen LogP contribution in [0.25, 0.3) is 0 Å². The second-order valence-electron chi connectivity index (χ2n) is 5.48. The van der Waals surface area contributed by atoms with Crippen molar-refractivity contribution in [1.82, 2.24) is 0 Å². The summed E-state index contributed by atoms with van der Waals surface area (Å²) < 4.78 is 58.9. The zero-order valence-electron chi connectivity index (χ0n) is 12.6. The van der Waals surface area contributed by atoms with Crippen LogP contribution < -0.4 is 0 Å². The van der Waals surface area contributed by atoms with Crippen LogP contribution >= 0.6 is 11.8 Å². The molecule has 1 saturated heterocycles. The number of carbonyl (C=O) groups is 1. The Bertz CT molecular complexity index is 467. The Balaban J connectivity index is 0.000000284. The fourth-order valence-electron chi connectivity index (χ4n) is 2.45. The number of alkyl halides is 3. The van der Waals surface area contributed by atoms with E-state index in [1.165, 1.54) is 55.1 Å². The number of rotatable bonds is 3. The van der Waals surface area contributed by atoms with Gasteiger partial charge in [-0.3, -0.25) is 4.79 Å². The van der Waals surface area contributed by atoms with Crippen molar-refractivity contribution in [2.75, 3.05) is 28.8 Å². The molecule has 2 aliphatic rings. The van der Waals surface area contributed by atoms with E-state index >= 15 is 0 Å². The van der Waals surface area contributed by atoms with Crippen molar-refractivity contribution in [2.45, 2.75) is 37.6 Å². The quantitative estimate of drug-likeness (QED) is 0.418. The van der Waals surface area contributed by atoms with Crippen LogP contribution in [-0.4, -0.2) is 53.0 Å². The number of thioether (sulfide) groups is 1. The molecular weight excluding hydrogens is 373 g/mol. The minimum absolute atomic E-state index is 0.445. The summed E-state index contributed by atoms with van der Waals surface area (Å²) in [6.07, 6.45) is 6.31. The van der Waals surface area contributed by atoms with E-state index in [4.69, 9.17) is 13.0 Å². The van der Waals surface area contributed by atoms with Gasteiger partial charge in [-0.1, -0.05) is 19.3 Å². The molecule has 10 heteroatoms. The molecule has 1 aliphatic carbocycles. The molecular formula is C13H21F3O4S3. The third-order valence-corrected chi connectivity index (χ3v) is 8.05. The normalized spacial score (nSPS) is 21.4. The third-order valence-electron chi connectivity index (χ3n) is 3.72. The van der Waals surface area contributed by atoms with Crippen molar-refractivity contribution in [2.24, 2.45) is 5.92 Å². The highest BCUT2D eigenvalue weighted by molar-refractivity contribution is 8.05. The van der Waals surface area contributed by atoms with Crippen molar-refractivity contribution in [1.29, 1.82) is 0 Å². The number of hydrogen-bond donors (Lipinski definition) is 0. The summed E-state index contributed by atoms with van der Waals surface area (Å²) in [4.78, 5) is 12.1. The molecule has 2 fully saturated rings. The summed E-state index contributed by atoms with van der Waals surface area (Å²) in [5.74, 6) is 7.17.